The number of pyridine rings is 1. The molecule has 2 aromatic rings. The minimum atomic E-state index is -0.445. The van der Waals surface area contributed by atoms with Crippen LogP contribution in [0, 0.1) is 22.7 Å². The summed E-state index contributed by atoms with van der Waals surface area (Å²) in [7, 11) is 0. The number of anilines is 2. The van der Waals surface area contributed by atoms with Gasteiger partial charge in [0.25, 0.3) is 5.82 Å². The number of fused-ring (bicyclic) bond motifs is 1. The first-order valence-corrected chi connectivity index (χ1v) is 9.15. The van der Waals surface area contributed by atoms with Gasteiger partial charge >= 0.3 is 0 Å². The molecule has 7 heteroatoms. The summed E-state index contributed by atoms with van der Waals surface area (Å²) in [5, 5.41) is 21.2. The van der Waals surface area contributed by atoms with Gasteiger partial charge in [0, 0.05) is 5.69 Å². The first kappa shape index (κ1) is 17.8. The van der Waals surface area contributed by atoms with Crippen LogP contribution in [0.4, 0.5) is 11.5 Å². The number of H-pyrrole nitrogens is 1. The summed E-state index contributed by atoms with van der Waals surface area (Å²) in [5.41, 5.74) is 9.71. The van der Waals surface area contributed by atoms with E-state index < -0.39 is 5.25 Å². The summed E-state index contributed by atoms with van der Waals surface area (Å²) in [6, 6.07) is 11.4. The molecule has 6 nitrogen and oxygen atoms in total. The van der Waals surface area contributed by atoms with Crippen LogP contribution in [0.25, 0.3) is 0 Å². The molecule has 1 aliphatic rings. The Morgan fingerprint density at radius 2 is 1.96 bits per heavy atom. The number of nitrogens with one attached hydrogen (secondary N) is 2. The van der Waals surface area contributed by atoms with Crippen LogP contribution < -0.4 is 16.0 Å². The predicted octanol–water partition coefficient (Wildman–Crippen LogP) is 2.43. The Morgan fingerprint density at radius 3 is 2.69 bits per heavy atom. The van der Waals surface area contributed by atoms with Crippen LogP contribution >= 0.6 is 11.8 Å². The minimum Gasteiger partial charge on any atom is -0.325 e. The van der Waals surface area contributed by atoms with E-state index in [9.17, 15) is 10.1 Å². The second kappa shape index (κ2) is 7.47. The second-order valence-electron chi connectivity index (χ2n) is 6.15. The number of nitrogen functional groups attached to an aromatic ring is 1. The summed E-state index contributed by atoms with van der Waals surface area (Å²) in [5.74, 6) is 0.0217. The van der Waals surface area contributed by atoms with Crippen LogP contribution in [0.2, 0.25) is 0 Å². The highest BCUT2D eigenvalue weighted by Crippen LogP contribution is 2.27. The van der Waals surface area contributed by atoms with Crippen molar-refractivity contribution in [3.05, 3.63) is 46.5 Å². The molecule has 130 valence electrons. The van der Waals surface area contributed by atoms with Gasteiger partial charge in [0.15, 0.2) is 5.03 Å². The van der Waals surface area contributed by atoms with E-state index >= 15 is 0 Å². The number of benzene rings is 1. The summed E-state index contributed by atoms with van der Waals surface area (Å²) >= 11 is 1.20. The lowest BCUT2D eigenvalue weighted by atomic mass is 10.1. The van der Waals surface area contributed by atoms with Crippen LogP contribution in [0.3, 0.4) is 0 Å². The fourth-order valence-electron chi connectivity index (χ4n) is 2.94. The molecule has 1 atom stereocenters. The van der Waals surface area contributed by atoms with E-state index in [2.05, 4.69) is 16.4 Å². The third kappa shape index (κ3) is 3.63. The minimum absolute atomic E-state index is 0.159. The molecule has 0 spiro atoms. The quantitative estimate of drug-likeness (QED) is 0.808. The van der Waals surface area contributed by atoms with Crippen molar-refractivity contribution in [3.63, 3.8) is 0 Å². The molecule has 26 heavy (non-hydrogen) atoms. The molecule has 0 aliphatic heterocycles. The van der Waals surface area contributed by atoms with Crippen LogP contribution in [0.1, 0.15) is 35.6 Å². The van der Waals surface area contributed by atoms with E-state index in [0.29, 0.717) is 5.03 Å². The van der Waals surface area contributed by atoms with E-state index in [0.717, 1.165) is 24.9 Å². The molecule has 0 fully saturated rings. The van der Waals surface area contributed by atoms with E-state index in [1.54, 1.807) is 6.92 Å². The first-order chi connectivity index (χ1) is 12.5. The number of nitrogens with zero attached hydrogens (tertiary/aromatic N) is 2. The number of rotatable bonds is 4. The average Bonchev–Trinajstić information content (AvgIpc) is 3.09. The van der Waals surface area contributed by atoms with Gasteiger partial charge in [0.2, 0.25) is 5.91 Å². The highest BCUT2D eigenvalue weighted by molar-refractivity contribution is 8.00. The van der Waals surface area contributed by atoms with Gasteiger partial charge in [-0.15, -0.1) is 0 Å². The zero-order valence-electron chi connectivity index (χ0n) is 14.3. The summed E-state index contributed by atoms with van der Waals surface area (Å²) in [6.07, 6.45) is 3.31. The number of nitrogens with two attached hydrogens (primary N) is 1. The standard InChI is InChI=1S/C19H17N5OS/c1-11(26-19-15(10-21)7-14(9-20)17(22)24-19)18(25)23-16-6-5-12-3-2-4-13(12)8-16/h5-8,11H,2-4H2,1H3,(H2,22,24)(H,23,25)/p+1/t11-/m1/s1. The molecule has 0 unspecified atom stereocenters. The number of carbonyl (C=O) groups is 1. The van der Waals surface area contributed by atoms with E-state index in [1.807, 2.05) is 24.3 Å². The largest absolute Gasteiger partial charge is 0.325 e. The maximum atomic E-state index is 12.5. The van der Waals surface area contributed by atoms with Crippen molar-refractivity contribution >= 4 is 29.2 Å². The number of aromatic amines is 1. The number of thioether (sulfide) groups is 1. The lowest BCUT2D eigenvalue weighted by Gasteiger charge is -2.12. The molecule has 1 amide bonds. The molecule has 0 radical (unpaired) electrons. The van der Waals surface area contributed by atoms with Crippen LogP contribution in [0.5, 0.6) is 0 Å². The number of hydrogen-bond acceptors (Lipinski definition) is 5. The van der Waals surface area contributed by atoms with Crippen LogP contribution in [-0.4, -0.2) is 11.2 Å². The second-order valence-corrected chi connectivity index (χ2v) is 7.50. The van der Waals surface area contributed by atoms with Crippen molar-refractivity contribution in [2.45, 2.75) is 36.5 Å². The van der Waals surface area contributed by atoms with Crippen molar-refractivity contribution < 1.29 is 9.78 Å². The molecule has 1 aromatic heterocycles. The van der Waals surface area contributed by atoms with Crippen molar-refractivity contribution in [1.29, 1.82) is 10.5 Å². The molecule has 0 bridgehead atoms. The Hall–Kier alpha value is -3.03. The Kier molecular flexibility index (Phi) is 5.11. The van der Waals surface area contributed by atoms with Gasteiger partial charge in [-0.25, -0.2) is 4.98 Å². The predicted molar refractivity (Wildman–Crippen MR) is 99.3 cm³/mol. The maximum absolute atomic E-state index is 12.5. The van der Waals surface area contributed by atoms with Gasteiger partial charge < -0.3 is 5.32 Å². The van der Waals surface area contributed by atoms with Crippen LogP contribution in [0.15, 0.2) is 29.3 Å². The zero-order valence-corrected chi connectivity index (χ0v) is 15.1. The van der Waals surface area contributed by atoms with Gasteiger partial charge in [0.1, 0.15) is 23.3 Å². The summed E-state index contributed by atoms with van der Waals surface area (Å²) < 4.78 is 0. The van der Waals surface area contributed by atoms with Gasteiger partial charge in [0.05, 0.1) is 5.25 Å². The molecule has 1 aromatic carbocycles. The number of aromatic nitrogens is 1. The smallest absolute Gasteiger partial charge is 0.289 e. The van der Waals surface area contributed by atoms with E-state index in [4.69, 9.17) is 11.0 Å². The fraction of sp³-hybridized carbons (Fsp3) is 0.263. The monoisotopic (exact) mass is 364 g/mol. The number of nitriles is 2. The normalized spacial score (nSPS) is 13.3. The van der Waals surface area contributed by atoms with Gasteiger partial charge in [-0.2, -0.15) is 10.5 Å². The number of hydrogen-bond donors (Lipinski definition) is 2. The highest BCUT2D eigenvalue weighted by Gasteiger charge is 2.22. The summed E-state index contributed by atoms with van der Waals surface area (Å²) in [6.45, 7) is 1.76. The number of aryl methyl sites for hydroxylation is 2. The maximum Gasteiger partial charge on any atom is 0.289 e. The van der Waals surface area contributed by atoms with Crippen molar-refractivity contribution in [3.8, 4) is 12.1 Å². The third-order valence-corrected chi connectivity index (χ3v) is 5.47. The molecule has 4 N–H and O–H groups in total. The topological polar surface area (TPSA) is 117 Å². The fourth-order valence-corrected chi connectivity index (χ4v) is 3.86. The van der Waals surface area contributed by atoms with Gasteiger partial charge in [-0.05, 0) is 55.5 Å². The lowest BCUT2D eigenvalue weighted by molar-refractivity contribution is -0.410. The van der Waals surface area contributed by atoms with Gasteiger partial charge in [-0.1, -0.05) is 17.8 Å². The molecular formula is C19H18N5OS+. The Morgan fingerprint density at radius 1 is 1.23 bits per heavy atom. The number of amides is 1. The zero-order chi connectivity index (χ0) is 18.7. The Balaban J connectivity index is 1.73. The van der Waals surface area contributed by atoms with Crippen LogP contribution in [-0.2, 0) is 17.6 Å². The van der Waals surface area contributed by atoms with E-state index in [-0.39, 0.29) is 22.9 Å². The van der Waals surface area contributed by atoms with Crippen molar-refractivity contribution in [2.75, 3.05) is 11.1 Å². The Labute approximate surface area is 156 Å². The summed E-state index contributed by atoms with van der Waals surface area (Å²) in [4.78, 5) is 15.4. The highest BCUT2D eigenvalue weighted by atomic mass is 32.2. The molecular weight excluding hydrogens is 346 g/mol. The molecule has 1 aliphatic carbocycles. The average molecular weight is 364 g/mol. The van der Waals surface area contributed by atoms with Gasteiger partial charge in [-0.3, -0.25) is 10.5 Å². The first-order valence-electron chi connectivity index (χ1n) is 8.27. The molecule has 1 heterocycles. The SMILES string of the molecule is C[C@@H](Sc1[nH+]c(N)c(C#N)cc1C#N)C(=O)Nc1ccc2c(c1)CCC2. The van der Waals surface area contributed by atoms with Crippen molar-refractivity contribution in [1.82, 2.24) is 0 Å². The lowest BCUT2D eigenvalue weighted by Crippen LogP contribution is -2.25. The Bertz CT molecular complexity index is 958. The molecule has 0 saturated heterocycles. The van der Waals surface area contributed by atoms with E-state index in [1.165, 1.54) is 29.0 Å². The third-order valence-electron chi connectivity index (χ3n) is 4.34. The molecule has 3 rings (SSSR count). The molecule has 0 saturated carbocycles. The number of carbonyl (C=O) groups excluding carboxylic acids is 1. The van der Waals surface area contributed by atoms with Crippen molar-refractivity contribution in [2.24, 2.45) is 0 Å².